The first kappa shape index (κ1) is 30.2. The third-order valence-electron chi connectivity index (χ3n) is 7.97. The van der Waals surface area contributed by atoms with Crippen molar-refractivity contribution < 1.29 is 18.9 Å². The molecule has 1 unspecified atom stereocenters. The molecule has 4 aromatic heterocycles. The van der Waals surface area contributed by atoms with Crippen LogP contribution >= 0.6 is 23.2 Å². The van der Waals surface area contributed by atoms with Crippen LogP contribution in [-0.2, 0) is 25.5 Å². The normalized spacial score (nSPS) is 20.4. The Hall–Kier alpha value is -2.88. The van der Waals surface area contributed by atoms with E-state index in [0.717, 1.165) is 51.6 Å². The van der Waals surface area contributed by atoms with Gasteiger partial charge in [-0.3, -0.25) is 13.7 Å². The molecule has 7 heterocycles. The largest absolute Gasteiger partial charge is 0.381 e. The van der Waals surface area contributed by atoms with Crippen LogP contribution < -0.4 is 11.4 Å². The van der Waals surface area contributed by atoms with E-state index in [1.165, 1.54) is 6.20 Å². The van der Waals surface area contributed by atoms with Gasteiger partial charge in [0.25, 0.3) is 0 Å². The SMILES string of the molecule is O=c1[nH]c2cnc(Cl)nc2n1C1CCOCC1.O=c1n(CCOC2CCCCO2)c2cnc(Cl)nc2n1C1CCOCC1. The Morgan fingerprint density at radius 3 is 2.16 bits per heavy atom. The summed E-state index contributed by atoms with van der Waals surface area (Å²) < 4.78 is 27.1. The van der Waals surface area contributed by atoms with Crippen LogP contribution in [0, 0.1) is 0 Å². The van der Waals surface area contributed by atoms with Crippen molar-refractivity contribution in [3.8, 4) is 0 Å². The fourth-order valence-corrected chi connectivity index (χ4v) is 6.08. The predicted molar refractivity (Wildman–Crippen MR) is 158 cm³/mol. The lowest BCUT2D eigenvalue weighted by atomic mass is 10.1. The Morgan fingerprint density at radius 2 is 1.49 bits per heavy atom. The minimum absolute atomic E-state index is 0.0635. The number of halogens is 2. The summed E-state index contributed by atoms with van der Waals surface area (Å²) in [5.74, 6) is 0. The van der Waals surface area contributed by atoms with E-state index in [1.807, 2.05) is 0 Å². The summed E-state index contributed by atoms with van der Waals surface area (Å²) in [7, 11) is 0. The summed E-state index contributed by atoms with van der Waals surface area (Å²) in [5.41, 5.74) is 2.18. The molecule has 3 aliphatic heterocycles. The molecule has 0 aromatic carbocycles. The van der Waals surface area contributed by atoms with Crippen molar-refractivity contribution in [2.24, 2.45) is 0 Å². The van der Waals surface area contributed by atoms with Crippen LogP contribution in [0.15, 0.2) is 22.0 Å². The van der Waals surface area contributed by atoms with Gasteiger partial charge in [0.1, 0.15) is 11.0 Å². The van der Waals surface area contributed by atoms with Gasteiger partial charge in [0.05, 0.1) is 25.5 Å². The molecule has 0 bridgehead atoms. The van der Waals surface area contributed by atoms with E-state index >= 15 is 0 Å². The fourth-order valence-electron chi connectivity index (χ4n) is 5.82. The monoisotopic (exact) mass is 636 g/mol. The molecule has 0 spiro atoms. The molecule has 4 aromatic rings. The van der Waals surface area contributed by atoms with E-state index in [2.05, 4.69) is 24.9 Å². The summed E-state index contributed by atoms with van der Waals surface area (Å²) >= 11 is 11.7. The summed E-state index contributed by atoms with van der Waals surface area (Å²) in [6.07, 6.45) is 9.26. The maximum absolute atomic E-state index is 13.1. The van der Waals surface area contributed by atoms with Crippen LogP contribution in [0.3, 0.4) is 0 Å². The average Bonchev–Trinajstić information content (AvgIpc) is 3.50. The zero-order chi connectivity index (χ0) is 29.8. The van der Waals surface area contributed by atoms with Gasteiger partial charge in [0.15, 0.2) is 17.6 Å². The number of rotatable bonds is 6. The second kappa shape index (κ2) is 13.8. The summed E-state index contributed by atoms with van der Waals surface area (Å²) in [6.45, 7) is 4.19. The molecule has 232 valence electrons. The quantitative estimate of drug-likeness (QED) is 0.312. The van der Waals surface area contributed by atoms with E-state index < -0.39 is 0 Å². The summed E-state index contributed by atoms with van der Waals surface area (Å²) in [5, 5.41) is 0.291. The summed E-state index contributed by atoms with van der Waals surface area (Å²) in [4.78, 5) is 44.1. The minimum atomic E-state index is -0.172. The molecule has 0 radical (unpaired) electrons. The molecule has 0 amide bonds. The molecule has 3 aliphatic rings. The highest BCUT2D eigenvalue weighted by Crippen LogP contribution is 2.25. The zero-order valence-electron chi connectivity index (χ0n) is 23.6. The van der Waals surface area contributed by atoms with Crippen molar-refractivity contribution in [3.63, 3.8) is 0 Å². The topological polar surface area (TPSA) is 153 Å². The number of aromatic amines is 1. The van der Waals surface area contributed by atoms with Gasteiger partial charge in [-0.1, -0.05) is 0 Å². The van der Waals surface area contributed by atoms with Gasteiger partial charge in [0.2, 0.25) is 10.6 Å². The van der Waals surface area contributed by atoms with Crippen LogP contribution in [0.5, 0.6) is 0 Å². The van der Waals surface area contributed by atoms with Crippen molar-refractivity contribution in [3.05, 3.63) is 43.9 Å². The number of nitrogens with one attached hydrogen (secondary N) is 1. The number of hydrogen-bond acceptors (Lipinski definition) is 10. The molecular weight excluding hydrogens is 603 g/mol. The van der Waals surface area contributed by atoms with Crippen molar-refractivity contribution in [1.29, 1.82) is 0 Å². The second-order valence-electron chi connectivity index (χ2n) is 10.7. The van der Waals surface area contributed by atoms with Crippen LogP contribution in [0.1, 0.15) is 57.0 Å². The van der Waals surface area contributed by atoms with Crippen LogP contribution in [0.2, 0.25) is 10.6 Å². The first-order valence-corrected chi connectivity index (χ1v) is 15.4. The van der Waals surface area contributed by atoms with Crippen molar-refractivity contribution >= 4 is 45.5 Å². The van der Waals surface area contributed by atoms with Gasteiger partial charge in [-0.25, -0.2) is 19.6 Å². The lowest BCUT2D eigenvalue weighted by Gasteiger charge is -2.23. The number of ether oxygens (including phenoxy) is 4. The third kappa shape index (κ3) is 6.79. The van der Waals surface area contributed by atoms with Crippen molar-refractivity contribution in [2.45, 2.75) is 69.9 Å². The second-order valence-corrected chi connectivity index (χ2v) is 11.4. The smallest absolute Gasteiger partial charge is 0.330 e. The lowest BCUT2D eigenvalue weighted by molar-refractivity contribution is -0.163. The number of aromatic nitrogens is 8. The van der Waals surface area contributed by atoms with Crippen molar-refractivity contribution in [1.82, 2.24) is 38.6 Å². The molecule has 1 N–H and O–H groups in total. The van der Waals surface area contributed by atoms with Crippen LogP contribution in [0.4, 0.5) is 0 Å². The van der Waals surface area contributed by atoms with Crippen LogP contribution in [-0.4, -0.2) is 84.6 Å². The van der Waals surface area contributed by atoms with Gasteiger partial charge < -0.3 is 23.9 Å². The minimum Gasteiger partial charge on any atom is -0.381 e. The highest BCUT2D eigenvalue weighted by molar-refractivity contribution is 6.28. The van der Waals surface area contributed by atoms with E-state index in [9.17, 15) is 9.59 Å². The third-order valence-corrected chi connectivity index (χ3v) is 8.34. The Bertz CT molecular complexity index is 1650. The molecule has 3 fully saturated rings. The molecule has 0 aliphatic carbocycles. The van der Waals surface area contributed by atoms with Crippen LogP contribution in [0.25, 0.3) is 22.3 Å². The number of fused-ring (bicyclic) bond motifs is 2. The fraction of sp³-hybridized carbons (Fsp3) is 0.630. The average molecular weight is 638 g/mol. The zero-order valence-corrected chi connectivity index (χ0v) is 25.1. The maximum atomic E-state index is 13.1. The molecule has 7 rings (SSSR count). The number of imidazole rings is 2. The predicted octanol–water partition coefficient (Wildman–Crippen LogP) is 3.27. The molecule has 3 saturated heterocycles. The lowest BCUT2D eigenvalue weighted by Crippen LogP contribution is -2.32. The first-order chi connectivity index (χ1) is 21.0. The highest BCUT2D eigenvalue weighted by Gasteiger charge is 2.25. The Balaban J connectivity index is 0.000000167. The van der Waals surface area contributed by atoms with Gasteiger partial charge in [0, 0.05) is 45.1 Å². The molecule has 1 atom stereocenters. The Labute approximate surface area is 256 Å². The van der Waals surface area contributed by atoms with Crippen molar-refractivity contribution in [2.75, 3.05) is 39.6 Å². The number of nitrogens with zero attached hydrogens (tertiary/aromatic N) is 7. The van der Waals surface area contributed by atoms with Gasteiger partial charge >= 0.3 is 11.4 Å². The molecule has 16 heteroatoms. The number of H-pyrrole nitrogens is 1. The van der Waals surface area contributed by atoms with E-state index in [1.54, 1.807) is 19.9 Å². The first-order valence-electron chi connectivity index (χ1n) is 14.6. The molecule has 43 heavy (non-hydrogen) atoms. The molecule has 14 nitrogen and oxygen atoms in total. The molecule has 0 saturated carbocycles. The van der Waals surface area contributed by atoms with Gasteiger partial charge in [-0.15, -0.1) is 0 Å². The molecular formula is C27H34Cl2N8O6. The summed E-state index contributed by atoms with van der Waals surface area (Å²) in [6, 6.07) is 0.185. The van der Waals surface area contributed by atoms with Gasteiger partial charge in [-0.05, 0) is 68.1 Å². The van der Waals surface area contributed by atoms with E-state index in [0.29, 0.717) is 61.9 Å². The Morgan fingerprint density at radius 1 is 0.837 bits per heavy atom. The van der Waals surface area contributed by atoms with E-state index in [-0.39, 0.29) is 40.3 Å². The maximum Gasteiger partial charge on any atom is 0.330 e. The standard InChI is InChI=1S/C17H23ClN4O4.C10H11ClN4O2/c18-16-19-11-13-15(20-16)22(12-4-8-24-9-5-12)17(23)21(13)6-10-26-14-3-1-2-7-25-14;11-9-12-5-7-8(14-9)15(10(16)13-7)6-1-3-17-4-2-6/h11-12,14H,1-10H2;5-6H,1-4H2,(H,13,16). The number of hydrogen-bond donors (Lipinski definition) is 1. The van der Waals surface area contributed by atoms with E-state index in [4.69, 9.17) is 42.1 Å². The highest BCUT2D eigenvalue weighted by atomic mass is 35.5. The Kier molecular flexibility index (Phi) is 9.70. The van der Waals surface area contributed by atoms with Gasteiger partial charge in [-0.2, -0.15) is 9.97 Å².